The van der Waals surface area contributed by atoms with E-state index in [0.29, 0.717) is 24.8 Å². The number of morpholine rings is 1. The number of aromatic nitrogens is 2. The van der Waals surface area contributed by atoms with Crippen molar-refractivity contribution in [3.63, 3.8) is 0 Å². The Morgan fingerprint density at radius 3 is 2.88 bits per heavy atom. The van der Waals surface area contributed by atoms with E-state index in [-0.39, 0.29) is 17.4 Å². The first kappa shape index (κ1) is 17.0. The minimum Gasteiger partial charge on any atom is -0.378 e. The predicted molar refractivity (Wildman–Crippen MR) is 94.3 cm³/mol. The van der Waals surface area contributed by atoms with Crippen LogP contribution in [0.25, 0.3) is 0 Å². The summed E-state index contributed by atoms with van der Waals surface area (Å²) < 4.78 is 5.36. The fourth-order valence-electron chi connectivity index (χ4n) is 2.65. The summed E-state index contributed by atoms with van der Waals surface area (Å²) in [6.07, 6.45) is 0.372. The average molecular weight is 346 g/mol. The first-order valence-corrected chi connectivity index (χ1v) is 8.88. The lowest BCUT2D eigenvalue weighted by atomic mass is 9.85. The van der Waals surface area contributed by atoms with E-state index in [4.69, 9.17) is 4.74 Å². The van der Waals surface area contributed by atoms with E-state index in [9.17, 15) is 4.79 Å². The van der Waals surface area contributed by atoms with E-state index < -0.39 is 0 Å². The van der Waals surface area contributed by atoms with Crippen molar-refractivity contribution in [3.05, 3.63) is 40.9 Å². The number of nitrogens with one attached hydrogen (secondary N) is 2. The largest absolute Gasteiger partial charge is 0.378 e. The Balaban J connectivity index is 1.63. The van der Waals surface area contributed by atoms with Crippen LogP contribution in [0.2, 0.25) is 0 Å². The summed E-state index contributed by atoms with van der Waals surface area (Å²) >= 11 is 1.42. The van der Waals surface area contributed by atoms with Gasteiger partial charge in [0.15, 0.2) is 0 Å². The SMILES string of the molecule is CC(C)(c1ccccc1)c1nnc(NC(=O)CC2COCCN2)s1. The number of carbonyl (C=O) groups excluding carboxylic acids is 1. The van der Waals surface area contributed by atoms with Crippen molar-refractivity contribution in [1.29, 1.82) is 0 Å². The fourth-order valence-corrected chi connectivity index (χ4v) is 3.53. The Labute approximate surface area is 145 Å². The van der Waals surface area contributed by atoms with Crippen molar-refractivity contribution in [3.8, 4) is 0 Å². The predicted octanol–water partition coefficient (Wildman–Crippen LogP) is 2.18. The minimum atomic E-state index is -0.249. The molecule has 1 aliphatic rings. The number of benzene rings is 1. The Kier molecular flexibility index (Phi) is 5.23. The van der Waals surface area contributed by atoms with Crippen LogP contribution in [0.5, 0.6) is 0 Å². The molecule has 1 fully saturated rings. The van der Waals surface area contributed by atoms with Gasteiger partial charge in [0.05, 0.1) is 13.2 Å². The lowest BCUT2D eigenvalue weighted by Crippen LogP contribution is -2.43. The van der Waals surface area contributed by atoms with Crippen molar-refractivity contribution in [2.24, 2.45) is 0 Å². The summed E-state index contributed by atoms with van der Waals surface area (Å²) in [7, 11) is 0. The molecule has 1 unspecified atom stereocenters. The Hall–Kier alpha value is -1.83. The number of carbonyl (C=O) groups is 1. The van der Waals surface area contributed by atoms with Crippen LogP contribution in [-0.2, 0) is 14.9 Å². The van der Waals surface area contributed by atoms with Gasteiger partial charge >= 0.3 is 0 Å². The van der Waals surface area contributed by atoms with Crippen LogP contribution in [0.1, 0.15) is 30.8 Å². The van der Waals surface area contributed by atoms with Crippen molar-refractivity contribution >= 4 is 22.4 Å². The Morgan fingerprint density at radius 2 is 2.17 bits per heavy atom. The highest BCUT2D eigenvalue weighted by Crippen LogP contribution is 2.34. The number of anilines is 1. The first-order valence-electron chi connectivity index (χ1n) is 8.06. The van der Waals surface area contributed by atoms with Crippen LogP contribution in [0.3, 0.4) is 0 Å². The summed E-state index contributed by atoms with van der Waals surface area (Å²) in [5.41, 5.74) is 0.920. The zero-order valence-electron chi connectivity index (χ0n) is 13.9. The van der Waals surface area contributed by atoms with Gasteiger partial charge in [-0.1, -0.05) is 41.7 Å². The highest BCUT2D eigenvalue weighted by molar-refractivity contribution is 7.15. The molecule has 0 spiro atoms. The van der Waals surface area contributed by atoms with Crippen LogP contribution < -0.4 is 10.6 Å². The summed E-state index contributed by atoms with van der Waals surface area (Å²) in [6.45, 7) is 6.27. The summed E-state index contributed by atoms with van der Waals surface area (Å²) in [5.74, 6) is -0.0711. The molecule has 1 aromatic heterocycles. The van der Waals surface area contributed by atoms with E-state index in [1.165, 1.54) is 16.9 Å². The van der Waals surface area contributed by atoms with Crippen molar-refractivity contribution in [2.45, 2.75) is 31.7 Å². The highest BCUT2D eigenvalue weighted by atomic mass is 32.1. The second kappa shape index (κ2) is 7.38. The van der Waals surface area contributed by atoms with E-state index in [1.807, 2.05) is 18.2 Å². The maximum atomic E-state index is 12.1. The molecule has 6 nitrogen and oxygen atoms in total. The van der Waals surface area contributed by atoms with Crippen LogP contribution in [-0.4, -0.2) is 41.9 Å². The summed E-state index contributed by atoms with van der Waals surface area (Å²) in [6, 6.07) is 10.2. The molecule has 1 aliphatic heterocycles. The van der Waals surface area contributed by atoms with Gasteiger partial charge in [-0.3, -0.25) is 4.79 Å². The van der Waals surface area contributed by atoms with Gasteiger partial charge in [0.2, 0.25) is 11.0 Å². The van der Waals surface area contributed by atoms with Gasteiger partial charge < -0.3 is 15.4 Å². The molecule has 2 aromatic rings. The molecule has 2 heterocycles. The average Bonchev–Trinajstić information content (AvgIpc) is 3.05. The van der Waals surface area contributed by atoms with Gasteiger partial charge in [-0.2, -0.15) is 0 Å². The number of hydrogen-bond acceptors (Lipinski definition) is 6. The minimum absolute atomic E-state index is 0.0619. The monoisotopic (exact) mass is 346 g/mol. The highest BCUT2D eigenvalue weighted by Gasteiger charge is 2.28. The normalized spacial score (nSPS) is 18.3. The molecule has 3 rings (SSSR count). The van der Waals surface area contributed by atoms with E-state index in [1.54, 1.807) is 0 Å². The Morgan fingerprint density at radius 1 is 1.38 bits per heavy atom. The molecule has 1 aromatic carbocycles. The fraction of sp³-hybridized carbons (Fsp3) is 0.471. The van der Waals surface area contributed by atoms with Gasteiger partial charge in [-0.15, -0.1) is 10.2 Å². The van der Waals surface area contributed by atoms with Gasteiger partial charge in [0, 0.05) is 24.4 Å². The van der Waals surface area contributed by atoms with E-state index in [0.717, 1.165) is 11.6 Å². The molecule has 0 aliphatic carbocycles. The molecular weight excluding hydrogens is 324 g/mol. The molecule has 0 radical (unpaired) electrons. The third-order valence-electron chi connectivity index (χ3n) is 4.13. The van der Waals surface area contributed by atoms with Crippen LogP contribution >= 0.6 is 11.3 Å². The lowest BCUT2D eigenvalue weighted by molar-refractivity contribution is -0.117. The number of rotatable bonds is 5. The lowest BCUT2D eigenvalue weighted by Gasteiger charge is -2.23. The van der Waals surface area contributed by atoms with Crippen LogP contribution in [0, 0.1) is 0 Å². The molecule has 0 saturated carbocycles. The summed E-state index contributed by atoms with van der Waals surface area (Å²) in [5, 5.41) is 15.9. The third kappa shape index (κ3) is 3.98. The zero-order chi connectivity index (χ0) is 17.0. The molecule has 1 saturated heterocycles. The molecule has 128 valence electrons. The molecule has 0 bridgehead atoms. The Bertz CT molecular complexity index is 681. The maximum Gasteiger partial charge on any atom is 0.227 e. The van der Waals surface area contributed by atoms with Crippen LogP contribution in [0.15, 0.2) is 30.3 Å². The van der Waals surface area contributed by atoms with Gasteiger partial charge in [0.1, 0.15) is 5.01 Å². The van der Waals surface area contributed by atoms with Crippen molar-refractivity contribution < 1.29 is 9.53 Å². The van der Waals surface area contributed by atoms with E-state index >= 15 is 0 Å². The third-order valence-corrected chi connectivity index (χ3v) is 5.29. The van der Waals surface area contributed by atoms with Crippen molar-refractivity contribution in [1.82, 2.24) is 15.5 Å². The topological polar surface area (TPSA) is 76.1 Å². The second-order valence-electron chi connectivity index (χ2n) is 6.38. The smallest absolute Gasteiger partial charge is 0.227 e. The molecule has 24 heavy (non-hydrogen) atoms. The number of hydrogen-bond donors (Lipinski definition) is 2. The van der Waals surface area contributed by atoms with Gasteiger partial charge in [0.25, 0.3) is 0 Å². The maximum absolute atomic E-state index is 12.1. The van der Waals surface area contributed by atoms with Gasteiger partial charge in [-0.25, -0.2) is 0 Å². The number of nitrogens with zero attached hydrogens (tertiary/aromatic N) is 2. The number of ether oxygens (including phenoxy) is 1. The van der Waals surface area contributed by atoms with Gasteiger partial charge in [-0.05, 0) is 19.4 Å². The van der Waals surface area contributed by atoms with Crippen molar-refractivity contribution in [2.75, 3.05) is 25.1 Å². The first-order chi connectivity index (χ1) is 11.6. The standard InChI is InChI=1S/C17H22N4O2S/c1-17(2,12-6-4-3-5-7-12)15-20-21-16(24-15)19-14(22)10-13-11-23-9-8-18-13/h3-7,13,18H,8-11H2,1-2H3,(H,19,21,22). The molecular formula is C17H22N4O2S. The number of amides is 1. The quantitative estimate of drug-likeness (QED) is 0.868. The van der Waals surface area contributed by atoms with Crippen LogP contribution in [0.4, 0.5) is 5.13 Å². The summed E-state index contributed by atoms with van der Waals surface area (Å²) in [4.78, 5) is 12.1. The molecule has 7 heteroatoms. The molecule has 1 amide bonds. The molecule has 1 atom stereocenters. The van der Waals surface area contributed by atoms with E-state index in [2.05, 4.69) is 46.8 Å². The second-order valence-corrected chi connectivity index (χ2v) is 7.36. The zero-order valence-corrected chi connectivity index (χ0v) is 14.7. The molecule has 2 N–H and O–H groups in total.